The Bertz CT molecular complexity index is 459. The predicted molar refractivity (Wildman–Crippen MR) is 75.0 cm³/mol. The van der Waals surface area contributed by atoms with E-state index >= 15 is 0 Å². The number of likely N-dealkylation sites (tertiary alicyclic amines) is 1. The van der Waals surface area contributed by atoms with Gasteiger partial charge in [0.05, 0.1) is 11.3 Å². The van der Waals surface area contributed by atoms with E-state index in [1.807, 2.05) is 0 Å². The normalized spacial score (nSPS) is 16.5. The van der Waals surface area contributed by atoms with Crippen LogP contribution in [0, 0.1) is 5.92 Å². The molecule has 19 heavy (non-hydrogen) atoms. The summed E-state index contributed by atoms with van der Waals surface area (Å²) in [5.41, 5.74) is 3.57. The highest BCUT2D eigenvalue weighted by atomic mass is 35.5. The molecule has 1 aliphatic heterocycles. The lowest BCUT2D eigenvalue weighted by Gasteiger charge is -2.31. The number of rotatable bonds is 3. The molecule has 0 bridgehead atoms. The highest BCUT2D eigenvalue weighted by molar-refractivity contribution is 6.31. The minimum atomic E-state index is -0.0770. The zero-order chi connectivity index (χ0) is 13.8. The Labute approximate surface area is 117 Å². The Morgan fingerprint density at radius 2 is 2.16 bits per heavy atom. The zero-order valence-electron chi connectivity index (χ0n) is 10.6. The molecule has 1 amide bonds. The first-order chi connectivity index (χ1) is 9.15. The van der Waals surface area contributed by atoms with Gasteiger partial charge in [0.1, 0.15) is 0 Å². The van der Waals surface area contributed by atoms with Gasteiger partial charge in [-0.25, -0.2) is 0 Å². The molecular weight excluding hydrogens is 266 g/mol. The van der Waals surface area contributed by atoms with Gasteiger partial charge < -0.3 is 15.4 Å². The molecule has 0 spiro atoms. The molecule has 1 aromatic carbocycles. The SMILES string of the molecule is NNc1ccc(Cl)cc1C(=O)N1CCC(CO)CC1. The van der Waals surface area contributed by atoms with Gasteiger partial charge in [0.15, 0.2) is 0 Å². The molecule has 0 atom stereocenters. The van der Waals surface area contributed by atoms with E-state index in [0.29, 0.717) is 35.3 Å². The van der Waals surface area contributed by atoms with Crippen LogP contribution in [0.1, 0.15) is 23.2 Å². The number of nitrogen functional groups attached to an aromatic ring is 1. The first-order valence-electron chi connectivity index (χ1n) is 6.32. The highest BCUT2D eigenvalue weighted by Gasteiger charge is 2.24. The molecule has 1 saturated heterocycles. The number of halogens is 1. The molecule has 1 heterocycles. The minimum absolute atomic E-state index is 0.0770. The van der Waals surface area contributed by atoms with Crippen LogP contribution in [0.3, 0.4) is 0 Å². The number of hydrogen-bond donors (Lipinski definition) is 3. The van der Waals surface area contributed by atoms with Gasteiger partial charge in [-0.3, -0.25) is 10.6 Å². The Hall–Kier alpha value is -1.30. The molecule has 1 aromatic rings. The van der Waals surface area contributed by atoms with Crippen molar-refractivity contribution >= 4 is 23.2 Å². The van der Waals surface area contributed by atoms with Crippen LogP contribution < -0.4 is 11.3 Å². The zero-order valence-corrected chi connectivity index (χ0v) is 11.4. The van der Waals surface area contributed by atoms with Crippen molar-refractivity contribution in [3.05, 3.63) is 28.8 Å². The van der Waals surface area contributed by atoms with E-state index in [2.05, 4.69) is 5.43 Å². The molecule has 1 fully saturated rings. The standard InChI is InChI=1S/C13H18ClN3O2/c14-10-1-2-12(16-15)11(7-10)13(19)17-5-3-9(8-18)4-6-17/h1-2,7,9,16,18H,3-6,8,15H2. The molecular formula is C13H18ClN3O2. The number of nitrogens with zero attached hydrogens (tertiary/aromatic N) is 1. The molecule has 0 aromatic heterocycles. The number of aliphatic hydroxyl groups is 1. The van der Waals surface area contributed by atoms with Crippen LogP contribution in [0.2, 0.25) is 5.02 Å². The summed E-state index contributed by atoms with van der Waals surface area (Å²) in [7, 11) is 0. The number of hydrogen-bond acceptors (Lipinski definition) is 4. The number of carbonyl (C=O) groups is 1. The van der Waals surface area contributed by atoms with Crippen molar-refractivity contribution in [2.45, 2.75) is 12.8 Å². The van der Waals surface area contributed by atoms with Crippen molar-refractivity contribution in [2.24, 2.45) is 11.8 Å². The largest absolute Gasteiger partial charge is 0.396 e. The van der Waals surface area contributed by atoms with Crippen molar-refractivity contribution in [2.75, 3.05) is 25.1 Å². The Balaban J connectivity index is 2.14. The van der Waals surface area contributed by atoms with Gasteiger partial charge in [-0.15, -0.1) is 0 Å². The molecule has 1 aliphatic rings. The van der Waals surface area contributed by atoms with E-state index in [-0.39, 0.29) is 12.5 Å². The fourth-order valence-electron chi connectivity index (χ4n) is 2.31. The summed E-state index contributed by atoms with van der Waals surface area (Å²) < 4.78 is 0. The Morgan fingerprint density at radius 3 is 2.74 bits per heavy atom. The maximum Gasteiger partial charge on any atom is 0.256 e. The second kappa shape index (κ2) is 6.23. The topological polar surface area (TPSA) is 78.6 Å². The fourth-order valence-corrected chi connectivity index (χ4v) is 2.48. The number of carbonyl (C=O) groups excluding carboxylic acids is 1. The second-order valence-corrected chi connectivity index (χ2v) is 5.19. The number of hydrazine groups is 1. The monoisotopic (exact) mass is 283 g/mol. The maximum atomic E-state index is 12.4. The first kappa shape index (κ1) is 14.1. The molecule has 0 unspecified atom stereocenters. The van der Waals surface area contributed by atoms with Crippen molar-refractivity contribution in [1.29, 1.82) is 0 Å². The average Bonchev–Trinajstić information content (AvgIpc) is 2.46. The quantitative estimate of drug-likeness (QED) is 0.580. The van der Waals surface area contributed by atoms with Crippen molar-refractivity contribution in [3.8, 4) is 0 Å². The molecule has 6 heteroatoms. The van der Waals surface area contributed by atoms with Gasteiger partial charge in [0, 0.05) is 24.7 Å². The van der Waals surface area contributed by atoms with Crippen molar-refractivity contribution in [1.82, 2.24) is 4.90 Å². The fraction of sp³-hybridized carbons (Fsp3) is 0.462. The molecule has 0 aliphatic carbocycles. The Morgan fingerprint density at radius 1 is 1.47 bits per heavy atom. The molecule has 0 radical (unpaired) electrons. The summed E-state index contributed by atoms with van der Waals surface area (Å²) >= 11 is 5.93. The van der Waals surface area contributed by atoms with Crippen LogP contribution in [0.25, 0.3) is 0 Å². The van der Waals surface area contributed by atoms with Gasteiger partial charge in [0.2, 0.25) is 0 Å². The Kier molecular flexibility index (Phi) is 4.63. The predicted octanol–water partition coefficient (Wildman–Crippen LogP) is 1.47. The van der Waals surface area contributed by atoms with E-state index in [9.17, 15) is 4.79 Å². The van der Waals surface area contributed by atoms with Gasteiger partial charge in [-0.1, -0.05) is 11.6 Å². The van der Waals surface area contributed by atoms with Crippen LogP contribution in [0.15, 0.2) is 18.2 Å². The summed E-state index contributed by atoms with van der Waals surface area (Å²) in [4.78, 5) is 14.2. The van der Waals surface area contributed by atoms with Gasteiger partial charge >= 0.3 is 0 Å². The lowest BCUT2D eigenvalue weighted by Crippen LogP contribution is -2.39. The first-order valence-corrected chi connectivity index (χ1v) is 6.69. The van der Waals surface area contributed by atoms with Crippen molar-refractivity contribution in [3.63, 3.8) is 0 Å². The van der Waals surface area contributed by atoms with Gasteiger partial charge in [0.25, 0.3) is 5.91 Å². The van der Waals surface area contributed by atoms with Crippen LogP contribution in [0.4, 0.5) is 5.69 Å². The lowest BCUT2D eigenvalue weighted by atomic mass is 9.97. The van der Waals surface area contributed by atoms with E-state index in [4.69, 9.17) is 22.6 Å². The third-order valence-corrected chi connectivity index (χ3v) is 3.76. The second-order valence-electron chi connectivity index (χ2n) is 4.75. The number of piperidine rings is 1. The molecule has 104 valence electrons. The smallest absolute Gasteiger partial charge is 0.256 e. The van der Waals surface area contributed by atoms with Gasteiger partial charge in [-0.2, -0.15) is 0 Å². The highest BCUT2D eigenvalue weighted by Crippen LogP contribution is 2.24. The minimum Gasteiger partial charge on any atom is -0.396 e. The van der Waals surface area contributed by atoms with Crippen LogP contribution in [0.5, 0.6) is 0 Å². The molecule has 4 N–H and O–H groups in total. The summed E-state index contributed by atoms with van der Waals surface area (Å²) in [6.07, 6.45) is 1.66. The molecule has 0 saturated carbocycles. The number of amides is 1. The van der Waals surface area contributed by atoms with E-state index in [0.717, 1.165) is 12.8 Å². The molecule has 5 nitrogen and oxygen atoms in total. The van der Waals surface area contributed by atoms with Crippen LogP contribution >= 0.6 is 11.6 Å². The number of nitrogens with two attached hydrogens (primary N) is 1. The average molecular weight is 284 g/mol. The van der Waals surface area contributed by atoms with E-state index < -0.39 is 0 Å². The van der Waals surface area contributed by atoms with Crippen molar-refractivity contribution < 1.29 is 9.90 Å². The summed E-state index contributed by atoms with van der Waals surface area (Å²) in [5, 5.41) is 9.61. The number of anilines is 1. The van der Waals surface area contributed by atoms with E-state index in [1.165, 1.54) is 0 Å². The van der Waals surface area contributed by atoms with Crippen LogP contribution in [-0.4, -0.2) is 35.6 Å². The number of aliphatic hydroxyl groups excluding tert-OH is 1. The third-order valence-electron chi connectivity index (χ3n) is 3.53. The van der Waals surface area contributed by atoms with E-state index in [1.54, 1.807) is 23.1 Å². The number of nitrogens with one attached hydrogen (secondary N) is 1. The summed E-state index contributed by atoms with van der Waals surface area (Å²) in [6.45, 7) is 1.50. The van der Waals surface area contributed by atoms with Gasteiger partial charge in [-0.05, 0) is 37.0 Å². The number of benzene rings is 1. The molecule has 2 rings (SSSR count). The summed E-state index contributed by atoms with van der Waals surface area (Å²) in [6, 6.07) is 5.00. The lowest BCUT2D eigenvalue weighted by molar-refractivity contribution is 0.0652. The maximum absolute atomic E-state index is 12.4. The summed E-state index contributed by atoms with van der Waals surface area (Å²) in [5.74, 6) is 5.64. The third kappa shape index (κ3) is 3.18. The van der Waals surface area contributed by atoms with Crippen LogP contribution in [-0.2, 0) is 0 Å².